The molecule has 0 radical (unpaired) electrons. The van der Waals surface area contributed by atoms with Gasteiger partial charge in [-0.2, -0.15) is 0 Å². The van der Waals surface area contributed by atoms with Gasteiger partial charge in [-0.15, -0.1) is 45.3 Å². The molecular weight excluding hydrogens is 1110 g/mol. The second-order valence-corrected chi connectivity index (χ2v) is 28.7. The largest absolute Gasteiger partial charge is 0.399 e. The van der Waals surface area contributed by atoms with E-state index in [1.54, 1.807) is 12.1 Å². The number of thiophene rings is 4. The second kappa shape index (κ2) is 23.0. The van der Waals surface area contributed by atoms with E-state index >= 15 is 0 Å². The maximum atomic E-state index is 12.4. The molecule has 67 heavy (non-hydrogen) atoms. The van der Waals surface area contributed by atoms with Gasteiger partial charge in [0.1, 0.15) is 12.6 Å². The molecule has 7 aromatic rings. The van der Waals surface area contributed by atoms with Crippen molar-refractivity contribution in [3.63, 3.8) is 0 Å². The van der Waals surface area contributed by atoms with Crippen LogP contribution in [0.3, 0.4) is 0 Å². The molecule has 0 aliphatic rings. The zero-order valence-electron chi connectivity index (χ0n) is 34.4. The van der Waals surface area contributed by atoms with Gasteiger partial charge < -0.3 is 11.5 Å². The number of sulfonamides is 2. The Morgan fingerprint density at radius 3 is 1.09 bits per heavy atom. The molecule has 27 heteroatoms. The second-order valence-electron chi connectivity index (χ2n) is 12.9. The molecule has 0 aliphatic carbocycles. The van der Waals surface area contributed by atoms with Gasteiger partial charge in [-0.3, -0.25) is 9.44 Å². The van der Waals surface area contributed by atoms with E-state index in [0.29, 0.717) is 21.4 Å². The normalized spacial score (nSPS) is 11.4. The molecule has 0 saturated carbocycles. The Bertz CT molecular complexity index is 3550. The van der Waals surface area contributed by atoms with Crippen molar-refractivity contribution in [1.82, 2.24) is 0 Å². The number of nitrogen functional groups attached to an aromatic ring is 1. The van der Waals surface area contributed by atoms with Gasteiger partial charge in [0.25, 0.3) is 0 Å². The summed E-state index contributed by atoms with van der Waals surface area (Å²) in [5.74, 6) is 0. The van der Waals surface area contributed by atoms with Crippen molar-refractivity contribution in [2.75, 3.05) is 27.7 Å². The van der Waals surface area contributed by atoms with E-state index in [9.17, 15) is 42.1 Å². The first-order valence-electron chi connectivity index (χ1n) is 17.9. The Morgan fingerprint density at radius 2 is 0.806 bits per heavy atom. The van der Waals surface area contributed by atoms with Crippen LogP contribution in [0.1, 0.15) is 4.88 Å². The van der Waals surface area contributed by atoms with Crippen LogP contribution in [0.4, 0.5) is 32.1 Å². The van der Waals surface area contributed by atoms with E-state index in [1.165, 1.54) is 114 Å². The van der Waals surface area contributed by atoms with E-state index in [2.05, 4.69) is 39.9 Å². The monoisotopic (exact) mass is 1140 g/mol. The van der Waals surface area contributed by atoms with Crippen molar-refractivity contribution in [3.05, 3.63) is 164 Å². The molecule has 350 valence electrons. The van der Waals surface area contributed by atoms with Crippen LogP contribution in [0.2, 0.25) is 0 Å². The van der Waals surface area contributed by atoms with Crippen molar-refractivity contribution in [2.24, 2.45) is 5.73 Å². The van der Waals surface area contributed by atoms with Crippen molar-refractivity contribution >= 4 is 143 Å². The minimum absolute atomic E-state index is 0.0416. The van der Waals surface area contributed by atoms with E-state index in [1.807, 2.05) is 6.07 Å². The van der Waals surface area contributed by atoms with Gasteiger partial charge in [0.2, 0.25) is 64.6 Å². The predicted molar refractivity (Wildman–Crippen MR) is 269 cm³/mol. The zero-order chi connectivity index (χ0) is 49.8. The van der Waals surface area contributed by atoms with E-state index < -0.39 is 49.6 Å². The van der Waals surface area contributed by atoms with Crippen LogP contribution in [0.25, 0.3) is 14.5 Å². The molecule has 0 saturated heterocycles. The maximum Gasteiger partial charge on any atom is 0.242 e. The van der Waals surface area contributed by atoms with Crippen molar-refractivity contribution in [1.29, 1.82) is 0 Å². The summed E-state index contributed by atoms with van der Waals surface area (Å²) < 4.78 is 124. The zero-order valence-corrected chi connectivity index (χ0v) is 43.3. The molecule has 17 nitrogen and oxygen atoms in total. The van der Waals surface area contributed by atoms with Gasteiger partial charge in [-0.05, 0) is 137 Å². The average molecular weight is 1140 g/mol. The molecule has 0 bridgehead atoms. The standard InChI is InChI=1S/C12H10N2O4S3.C12H14N2O4S3.C11H8N2O2S2.C5H2BrNS/c1-13-11-7-8-12(19-11)21(17,18)10-5-3-9(4-6-10)14-20(2,15)16;1-20(15,16)14-9-2-5-11(6-3-9)21(17,18)12-7-4-10(8-13)19-12;1-13-10-6-7-11(16-10)17(14,15)9-4-2-8(12)3-5-9;1-7-5-3-2-4(6)8-5/h3-8,14H,2H3;2-7,14H,8,13H2,1H3;2-7H,12H2;2-3H. The lowest BCUT2D eigenvalue weighted by Gasteiger charge is -2.05. The Hall–Kier alpha value is -5.48. The van der Waals surface area contributed by atoms with E-state index in [-0.39, 0.29) is 39.5 Å². The lowest BCUT2D eigenvalue weighted by atomic mass is 10.3. The number of benzene rings is 3. The van der Waals surface area contributed by atoms with Crippen molar-refractivity contribution in [3.8, 4) is 0 Å². The number of sulfone groups is 3. The third-order valence-corrected chi connectivity index (χ3v) is 20.4. The third kappa shape index (κ3) is 15.8. The number of nitrogens with zero attached hydrogens (tertiary/aromatic N) is 3. The van der Waals surface area contributed by atoms with Crippen LogP contribution < -0.4 is 20.9 Å². The number of nitrogens with one attached hydrogen (secondary N) is 2. The summed E-state index contributed by atoms with van der Waals surface area (Å²) in [6, 6.07) is 29.6. The minimum atomic E-state index is -3.69. The molecular formula is C40H34BrN7O10S9. The quantitative estimate of drug-likeness (QED) is 0.0697. The number of hydrogen-bond donors (Lipinski definition) is 4. The third-order valence-electron chi connectivity index (χ3n) is 7.78. The molecule has 6 N–H and O–H groups in total. The van der Waals surface area contributed by atoms with Gasteiger partial charge in [-0.1, -0.05) is 0 Å². The summed E-state index contributed by atoms with van der Waals surface area (Å²) in [6.07, 6.45) is 2.03. The summed E-state index contributed by atoms with van der Waals surface area (Å²) in [6.45, 7) is 20.5. The van der Waals surface area contributed by atoms with Crippen LogP contribution in [-0.4, -0.2) is 54.6 Å². The average Bonchev–Trinajstić information content (AvgIpc) is 4.12. The smallest absolute Gasteiger partial charge is 0.242 e. The van der Waals surface area contributed by atoms with Crippen LogP contribution in [0, 0.1) is 19.7 Å². The van der Waals surface area contributed by atoms with Gasteiger partial charge in [0.05, 0.1) is 50.7 Å². The summed E-state index contributed by atoms with van der Waals surface area (Å²) in [5, 5.41) is 1.39. The van der Waals surface area contributed by atoms with Gasteiger partial charge in [0.15, 0.2) is 0 Å². The first-order valence-corrected chi connectivity index (χ1v) is 30.2. The summed E-state index contributed by atoms with van der Waals surface area (Å²) in [4.78, 5) is 10.7. The molecule has 4 heterocycles. The lowest BCUT2D eigenvalue weighted by molar-refractivity contribution is 0.596. The first-order chi connectivity index (χ1) is 31.3. The van der Waals surface area contributed by atoms with E-state index in [0.717, 1.165) is 60.2 Å². The van der Waals surface area contributed by atoms with Crippen molar-refractivity contribution in [2.45, 2.75) is 33.9 Å². The van der Waals surface area contributed by atoms with Crippen LogP contribution >= 0.6 is 61.3 Å². The predicted octanol–water partition coefficient (Wildman–Crippen LogP) is 9.69. The lowest BCUT2D eigenvalue weighted by Crippen LogP contribution is -2.09. The first kappa shape index (κ1) is 54.1. The van der Waals surface area contributed by atoms with Crippen LogP contribution in [0.15, 0.2) is 152 Å². The van der Waals surface area contributed by atoms with Gasteiger partial charge in [0, 0.05) is 28.5 Å². The van der Waals surface area contributed by atoms with E-state index in [4.69, 9.17) is 31.2 Å². The summed E-state index contributed by atoms with van der Waals surface area (Å²) in [7, 11) is -17.6. The Morgan fingerprint density at radius 1 is 0.478 bits per heavy atom. The number of rotatable bonds is 11. The summed E-state index contributed by atoms with van der Waals surface area (Å²) >= 11 is 7.68. The number of anilines is 3. The molecule has 0 aliphatic heterocycles. The highest BCUT2D eigenvalue weighted by molar-refractivity contribution is 9.11. The van der Waals surface area contributed by atoms with Gasteiger partial charge >= 0.3 is 0 Å². The van der Waals surface area contributed by atoms with Crippen LogP contribution in [0.5, 0.6) is 0 Å². The number of halogens is 1. The Balaban J connectivity index is 0.000000203. The molecule has 0 amide bonds. The maximum absolute atomic E-state index is 12.4. The Labute approximate surface area is 412 Å². The Kier molecular flexibility index (Phi) is 18.6. The van der Waals surface area contributed by atoms with Crippen LogP contribution in [-0.2, 0) is 56.1 Å². The molecule has 0 unspecified atom stereocenters. The molecule has 0 atom stereocenters. The highest BCUT2D eigenvalue weighted by Crippen LogP contribution is 2.34. The topological polar surface area (TPSA) is 260 Å². The number of nitrogens with two attached hydrogens (primary N) is 2. The fraction of sp³-hybridized carbons (Fsp3) is 0.0750. The molecule has 4 aromatic heterocycles. The fourth-order valence-corrected chi connectivity index (χ4v) is 14.7. The minimum Gasteiger partial charge on any atom is -0.399 e. The van der Waals surface area contributed by atoms with Gasteiger partial charge in [-0.25, -0.2) is 56.6 Å². The molecule has 0 fully saturated rings. The highest BCUT2D eigenvalue weighted by atomic mass is 79.9. The highest BCUT2D eigenvalue weighted by Gasteiger charge is 2.22. The molecule has 7 rings (SSSR count). The summed E-state index contributed by atoms with van der Waals surface area (Å²) in [5.41, 5.74) is 12.1. The number of hydrogen-bond acceptors (Lipinski definition) is 16. The molecule has 0 spiro atoms. The SMILES string of the molecule is CS(=O)(=O)Nc1ccc(S(=O)(=O)c2ccc(CN)s2)cc1.[C-]#[N+]c1ccc(Br)s1.[C-]#[N+]c1ccc(S(=O)(=O)c2ccc(N)cc2)s1.[C-]#[N+]c1ccc(S(=O)(=O)c2ccc(NS(C)(=O)=O)cc2)s1. The van der Waals surface area contributed by atoms with Crippen molar-refractivity contribution < 1.29 is 42.1 Å². The molecule has 3 aromatic carbocycles. The fourth-order valence-electron chi connectivity index (χ4n) is 4.83.